The van der Waals surface area contributed by atoms with Gasteiger partial charge in [0.2, 0.25) is 0 Å². The van der Waals surface area contributed by atoms with Crippen molar-refractivity contribution in [2.45, 2.75) is 37.8 Å². The van der Waals surface area contributed by atoms with Crippen molar-refractivity contribution in [2.24, 2.45) is 17.6 Å². The Morgan fingerprint density at radius 2 is 1.61 bits per heavy atom. The molecule has 1 aliphatic heterocycles. The highest BCUT2D eigenvalue weighted by Crippen LogP contribution is 2.45. The van der Waals surface area contributed by atoms with Gasteiger partial charge in [0, 0.05) is 38.3 Å². The number of nitrogens with zero attached hydrogens (tertiary/aromatic N) is 2. The second-order valence-corrected chi connectivity index (χ2v) is 7.57. The molecule has 4 heteroatoms. The zero-order valence-electron chi connectivity index (χ0n) is 14.2. The number of fused-ring (bicyclic) bond motifs is 1. The van der Waals surface area contributed by atoms with Crippen LogP contribution in [0.1, 0.15) is 25.7 Å². The van der Waals surface area contributed by atoms with E-state index < -0.39 is 0 Å². The zero-order chi connectivity index (χ0) is 15.8. The molecule has 0 spiro atoms. The third kappa shape index (κ3) is 2.94. The molecule has 3 fully saturated rings. The number of nitrogens with two attached hydrogens (primary N) is 1. The summed E-state index contributed by atoms with van der Waals surface area (Å²) in [5.41, 5.74) is 7.37. The average Bonchev–Trinajstić information content (AvgIpc) is 3.12. The van der Waals surface area contributed by atoms with Gasteiger partial charge in [0.05, 0.1) is 12.8 Å². The number of anilines is 1. The standard InChI is InChI=1S/C19H29N3O/c1-23-19-5-3-2-4-18(19)22-8-6-21(7-9-22)17-12-14-10-16(20)11-15(14)13-17/h2-5,14-17H,6-13,20H2,1H3/t14-,15-,16?,17?/m1/s1. The Labute approximate surface area is 139 Å². The third-order valence-electron chi connectivity index (χ3n) is 6.28. The van der Waals surface area contributed by atoms with Crippen LogP contribution in [0.3, 0.4) is 0 Å². The number of ether oxygens (including phenoxy) is 1. The Kier molecular flexibility index (Phi) is 4.20. The molecule has 2 saturated carbocycles. The minimum absolute atomic E-state index is 0.480. The van der Waals surface area contributed by atoms with Crippen LogP contribution in [0.15, 0.2) is 24.3 Å². The van der Waals surface area contributed by atoms with Gasteiger partial charge in [-0.15, -0.1) is 0 Å². The maximum absolute atomic E-state index is 6.13. The molecule has 0 bridgehead atoms. The van der Waals surface area contributed by atoms with E-state index in [1.165, 1.54) is 44.5 Å². The molecular formula is C19H29N3O. The summed E-state index contributed by atoms with van der Waals surface area (Å²) in [7, 11) is 1.76. The topological polar surface area (TPSA) is 41.7 Å². The number of hydrogen-bond acceptors (Lipinski definition) is 4. The molecule has 4 rings (SSSR count). The van der Waals surface area contributed by atoms with Crippen molar-refractivity contribution in [2.75, 3.05) is 38.2 Å². The molecule has 1 heterocycles. The van der Waals surface area contributed by atoms with Crippen molar-refractivity contribution in [1.82, 2.24) is 4.90 Å². The van der Waals surface area contributed by atoms with Crippen LogP contribution in [-0.2, 0) is 0 Å². The smallest absolute Gasteiger partial charge is 0.142 e. The molecule has 3 aliphatic rings. The summed E-state index contributed by atoms with van der Waals surface area (Å²) in [5, 5.41) is 0. The van der Waals surface area contributed by atoms with E-state index in [2.05, 4.69) is 28.0 Å². The van der Waals surface area contributed by atoms with E-state index in [-0.39, 0.29) is 0 Å². The molecule has 2 atom stereocenters. The summed E-state index contributed by atoms with van der Waals surface area (Å²) < 4.78 is 5.52. The first kappa shape index (κ1) is 15.3. The first-order valence-corrected chi connectivity index (χ1v) is 9.12. The highest BCUT2D eigenvalue weighted by molar-refractivity contribution is 5.58. The van der Waals surface area contributed by atoms with E-state index in [4.69, 9.17) is 10.5 Å². The van der Waals surface area contributed by atoms with Gasteiger partial charge >= 0.3 is 0 Å². The van der Waals surface area contributed by atoms with Gasteiger partial charge in [0.25, 0.3) is 0 Å². The summed E-state index contributed by atoms with van der Waals surface area (Å²) in [4.78, 5) is 5.21. The number of para-hydroxylation sites is 2. The van der Waals surface area contributed by atoms with Gasteiger partial charge in [0.15, 0.2) is 0 Å². The molecule has 1 aromatic carbocycles. The molecule has 0 radical (unpaired) electrons. The van der Waals surface area contributed by atoms with E-state index in [0.29, 0.717) is 6.04 Å². The normalized spacial score (nSPS) is 29.9. The molecule has 23 heavy (non-hydrogen) atoms. The SMILES string of the molecule is COc1ccccc1N1CCN(C2C[C@H]3CC(N)C[C@@H]3C2)CC1. The maximum Gasteiger partial charge on any atom is 0.142 e. The Morgan fingerprint density at radius 3 is 2.26 bits per heavy atom. The lowest BCUT2D eigenvalue weighted by atomic mass is 10.0. The lowest BCUT2D eigenvalue weighted by Crippen LogP contribution is -2.50. The minimum Gasteiger partial charge on any atom is -0.495 e. The predicted octanol–water partition coefficient (Wildman–Crippen LogP) is 2.33. The summed E-state index contributed by atoms with van der Waals surface area (Å²) in [6.45, 7) is 4.56. The fraction of sp³-hybridized carbons (Fsp3) is 0.684. The Hall–Kier alpha value is -1.26. The fourth-order valence-electron chi connectivity index (χ4n) is 5.15. The molecule has 126 valence electrons. The number of methoxy groups -OCH3 is 1. The quantitative estimate of drug-likeness (QED) is 0.929. The van der Waals surface area contributed by atoms with Crippen molar-refractivity contribution in [1.29, 1.82) is 0 Å². The van der Waals surface area contributed by atoms with Gasteiger partial charge in [-0.1, -0.05) is 12.1 Å². The van der Waals surface area contributed by atoms with E-state index in [1.807, 2.05) is 6.07 Å². The number of benzene rings is 1. The van der Waals surface area contributed by atoms with Gasteiger partial charge in [-0.3, -0.25) is 4.90 Å². The minimum atomic E-state index is 0.480. The van der Waals surface area contributed by atoms with Gasteiger partial charge in [-0.25, -0.2) is 0 Å². The second-order valence-electron chi connectivity index (χ2n) is 7.57. The molecule has 2 aliphatic carbocycles. The highest BCUT2D eigenvalue weighted by atomic mass is 16.5. The average molecular weight is 315 g/mol. The number of piperazine rings is 1. The van der Waals surface area contributed by atoms with Crippen molar-refractivity contribution in [3.8, 4) is 5.75 Å². The van der Waals surface area contributed by atoms with E-state index in [1.54, 1.807) is 7.11 Å². The summed E-state index contributed by atoms with van der Waals surface area (Å²) in [6.07, 6.45) is 5.30. The maximum atomic E-state index is 6.13. The molecule has 2 N–H and O–H groups in total. The molecule has 1 aromatic rings. The second kappa shape index (κ2) is 6.33. The van der Waals surface area contributed by atoms with Crippen LogP contribution < -0.4 is 15.4 Å². The number of hydrogen-bond donors (Lipinski definition) is 1. The van der Waals surface area contributed by atoms with E-state index in [0.717, 1.165) is 36.7 Å². The third-order valence-corrected chi connectivity index (χ3v) is 6.28. The molecule has 0 unspecified atom stereocenters. The van der Waals surface area contributed by atoms with Crippen LogP contribution in [0.25, 0.3) is 0 Å². The molecule has 0 aromatic heterocycles. The van der Waals surface area contributed by atoms with Gasteiger partial charge in [-0.05, 0) is 49.7 Å². The lowest BCUT2D eigenvalue weighted by Gasteiger charge is -2.39. The first-order valence-electron chi connectivity index (χ1n) is 9.12. The lowest BCUT2D eigenvalue weighted by molar-refractivity contribution is 0.178. The van der Waals surface area contributed by atoms with Crippen LogP contribution in [0, 0.1) is 11.8 Å². The van der Waals surface area contributed by atoms with Gasteiger partial charge < -0.3 is 15.4 Å². The highest BCUT2D eigenvalue weighted by Gasteiger charge is 2.42. The Bertz CT molecular complexity index is 527. The van der Waals surface area contributed by atoms with Crippen LogP contribution in [0.2, 0.25) is 0 Å². The van der Waals surface area contributed by atoms with E-state index >= 15 is 0 Å². The van der Waals surface area contributed by atoms with Crippen molar-refractivity contribution in [3.05, 3.63) is 24.3 Å². The summed E-state index contributed by atoms with van der Waals surface area (Å²) >= 11 is 0. The molecule has 0 amide bonds. The monoisotopic (exact) mass is 315 g/mol. The number of rotatable bonds is 3. The summed E-state index contributed by atoms with van der Waals surface area (Å²) in [5.74, 6) is 2.80. The fourth-order valence-corrected chi connectivity index (χ4v) is 5.15. The summed E-state index contributed by atoms with van der Waals surface area (Å²) in [6, 6.07) is 9.66. The van der Waals surface area contributed by atoms with Crippen LogP contribution in [0.5, 0.6) is 5.75 Å². The Balaban J connectivity index is 1.35. The van der Waals surface area contributed by atoms with Crippen LogP contribution >= 0.6 is 0 Å². The molecular weight excluding hydrogens is 286 g/mol. The van der Waals surface area contributed by atoms with Crippen molar-refractivity contribution in [3.63, 3.8) is 0 Å². The van der Waals surface area contributed by atoms with Crippen molar-refractivity contribution >= 4 is 5.69 Å². The zero-order valence-corrected chi connectivity index (χ0v) is 14.2. The molecule has 4 nitrogen and oxygen atoms in total. The van der Waals surface area contributed by atoms with Gasteiger partial charge in [-0.2, -0.15) is 0 Å². The van der Waals surface area contributed by atoms with Crippen molar-refractivity contribution < 1.29 is 4.74 Å². The van der Waals surface area contributed by atoms with Crippen LogP contribution in [0.4, 0.5) is 5.69 Å². The van der Waals surface area contributed by atoms with E-state index in [9.17, 15) is 0 Å². The molecule has 1 saturated heterocycles. The van der Waals surface area contributed by atoms with Crippen LogP contribution in [-0.4, -0.2) is 50.3 Å². The Morgan fingerprint density at radius 1 is 0.957 bits per heavy atom. The van der Waals surface area contributed by atoms with Gasteiger partial charge in [0.1, 0.15) is 5.75 Å². The predicted molar refractivity (Wildman–Crippen MR) is 94.0 cm³/mol. The largest absolute Gasteiger partial charge is 0.495 e. The first-order chi connectivity index (χ1) is 11.2.